The van der Waals surface area contributed by atoms with Gasteiger partial charge in [0.25, 0.3) is 0 Å². The van der Waals surface area contributed by atoms with Crippen LogP contribution < -0.4 is 10.6 Å². The second-order valence-electron chi connectivity index (χ2n) is 4.79. The first-order valence-corrected chi connectivity index (χ1v) is 6.74. The lowest BCUT2D eigenvalue weighted by molar-refractivity contribution is 0.371. The van der Waals surface area contributed by atoms with Gasteiger partial charge < -0.3 is 10.6 Å². The molecule has 18 heavy (non-hydrogen) atoms. The molecule has 1 fully saturated rings. The lowest BCUT2D eigenvalue weighted by Gasteiger charge is -2.29. The molecule has 0 aromatic heterocycles. The molecular weight excluding hydrogens is 246 g/mol. The van der Waals surface area contributed by atoms with Gasteiger partial charge in [-0.25, -0.2) is 0 Å². The van der Waals surface area contributed by atoms with Crippen molar-refractivity contribution in [2.45, 2.75) is 37.8 Å². The Morgan fingerprint density at radius 1 is 1.22 bits per heavy atom. The first-order valence-electron chi connectivity index (χ1n) is 6.36. The maximum absolute atomic E-state index is 8.79. The number of anilines is 1. The van der Waals surface area contributed by atoms with E-state index < -0.39 is 0 Å². The highest BCUT2D eigenvalue weighted by atomic mass is 35.5. The van der Waals surface area contributed by atoms with E-state index in [1.807, 2.05) is 13.1 Å². The predicted octanol–water partition coefficient (Wildman–Crippen LogP) is 3.15. The highest BCUT2D eigenvalue weighted by Crippen LogP contribution is 2.27. The number of hydrogen-bond acceptors (Lipinski definition) is 3. The van der Waals surface area contributed by atoms with Gasteiger partial charge in [0.05, 0.1) is 22.3 Å². The van der Waals surface area contributed by atoms with Crippen molar-refractivity contribution in [2.75, 3.05) is 12.4 Å². The third-order valence-corrected chi connectivity index (χ3v) is 3.91. The minimum atomic E-state index is 0.486. The number of nitrogens with one attached hydrogen (secondary N) is 2. The fourth-order valence-corrected chi connectivity index (χ4v) is 2.68. The summed E-state index contributed by atoms with van der Waals surface area (Å²) in [6, 6.07) is 8.63. The van der Waals surface area contributed by atoms with Gasteiger partial charge in [0.15, 0.2) is 0 Å². The molecule has 0 aliphatic heterocycles. The van der Waals surface area contributed by atoms with Crippen LogP contribution in [0.1, 0.15) is 31.2 Å². The van der Waals surface area contributed by atoms with Crippen molar-refractivity contribution in [3.05, 3.63) is 28.8 Å². The van der Waals surface area contributed by atoms with Crippen LogP contribution in [0.15, 0.2) is 18.2 Å². The summed E-state index contributed by atoms with van der Waals surface area (Å²) in [5.41, 5.74) is 1.54. The Hall–Kier alpha value is -1.24. The second-order valence-corrected chi connectivity index (χ2v) is 5.20. The third-order valence-electron chi connectivity index (χ3n) is 3.59. The highest BCUT2D eigenvalue weighted by molar-refractivity contribution is 6.33. The Bertz CT molecular complexity index is 445. The summed E-state index contributed by atoms with van der Waals surface area (Å²) >= 11 is 6.16. The molecule has 2 rings (SSSR count). The van der Waals surface area contributed by atoms with Crippen LogP contribution in [0.5, 0.6) is 0 Å². The molecule has 1 aliphatic carbocycles. The highest BCUT2D eigenvalue weighted by Gasteiger charge is 2.20. The molecule has 4 heteroatoms. The Morgan fingerprint density at radius 3 is 2.44 bits per heavy atom. The lowest BCUT2D eigenvalue weighted by atomic mass is 9.91. The molecule has 1 aliphatic rings. The largest absolute Gasteiger partial charge is 0.381 e. The van der Waals surface area contributed by atoms with Crippen molar-refractivity contribution >= 4 is 17.3 Å². The number of hydrogen-bond donors (Lipinski definition) is 2. The maximum atomic E-state index is 8.79. The average molecular weight is 264 g/mol. The molecule has 0 spiro atoms. The third kappa shape index (κ3) is 3.16. The summed E-state index contributed by atoms with van der Waals surface area (Å²) < 4.78 is 0. The standard InChI is InChI=1S/C14H18ClN3/c1-17-11-3-5-12(6-4-11)18-14-7-2-10(9-16)8-13(14)15/h2,7-8,11-12,17-18H,3-6H2,1H3. The summed E-state index contributed by atoms with van der Waals surface area (Å²) in [6.45, 7) is 0. The topological polar surface area (TPSA) is 47.8 Å². The van der Waals surface area contributed by atoms with E-state index >= 15 is 0 Å². The normalized spacial score (nSPS) is 23.4. The minimum Gasteiger partial charge on any atom is -0.381 e. The molecule has 1 saturated carbocycles. The Kier molecular flexibility index (Phi) is 4.46. The smallest absolute Gasteiger partial charge is 0.0992 e. The molecule has 96 valence electrons. The second kappa shape index (κ2) is 6.08. The summed E-state index contributed by atoms with van der Waals surface area (Å²) in [6.07, 6.45) is 4.70. The predicted molar refractivity (Wildman–Crippen MR) is 74.9 cm³/mol. The van der Waals surface area contributed by atoms with Crippen LogP contribution in [0.25, 0.3) is 0 Å². The molecule has 0 atom stereocenters. The van der Waals surface area contributed by atoms with Gasteiger partial charge in [-0.1, -0.05) is 11.6 Å². The van der Waals surface area contributed by atoms with Crippen molar-refractivity contribution in [1.82, 2.24) is 5.32 Å². The van der Waals surface area contributed by atoms with E-state index in [2.05, 4.69) is 16.7 Å². The number of nitriles is 1. The van der Waals surface area contributed by atoms with Gasteiger partial charge in [-0.3, -0.25) is 0 Å². The summed E-state index contributed by atoms with van der Waals surface area (Å²) in [7, 11) is 2.02. The molecular formula is C14H18ClN3. The molecule has 2 N–H and O–H groups in total. The Morgan fingerprint density at radius 2 is 1.89 bits per heavy atom. The zero-order chi connectivity index (χ0) is 13.0. The van der Waals surface area contributed by atoms with Crippen molar-refractivity contribution in [3.8, 4) is 6.07 Å². The molecule has 0 heterocycles. The van der Waals surface area contributed by atoms with E-state index in [-0.39, 0.29) is 0 Å². The van der Waals surface area contributed by atoms with E-state index in [0.29, 0.717) is 22.7 Å². The first kappa shape index (κ1) is 13.2. The molecule has 0 bridgehead atoms. The molecule has 1 aromatic rings. The van der Waals surface area contributed by atoms with Crippen molar-refractivity contribution in [2.24, 2.45) is 0 Å². The molecule has 0 saturated heterocycles. The fraction of sp³-hybridized carbons (Fsp3) is 0.500. The maximum Gasteiger partial charge on any atom is 0.0992 e. The van der Waals surface area contributed by atoms with E-state index in [1.54, 1.807) is 12.1 Å². The van der Waals surface area contributed by atoms with E-state index in [1.165, 1.54) is 12.8 Å². The number of benzene rings is 1. The Balaban J connectivity index is 1.96. The summed E-state index contributed by atoms with van der Waals surface area (Å²) in [5.74, 6) is 0. The minimum absolute atomic E-state index is 0.486. The quantitative estimate of drug-likeness (QED) is 0.881. The van der Waals surface area contributed by atoms with Crippen LogP contribution in [-0.2, 0) is 0 Å². The van der Waals surface area contributed by atoms with Gasteiger partial charge >= 0.3 is 0 Å². The summed E-state index contributed by atoms with van der Waals surface area (Å²) in [4.78, 5) is 0. The molecule has 0 amide bonds. The zero-order valence-electron chi connectivity index (χ0n) is 10.5. The fourth-order valence-electron chi connectivity index (χ4n) is 2.45. The number of halogens is 1. The van der Waals surface area contributed by atoms with E-state index in [0.717, 1.165) is 18.5 Å². The van der Waals surface area contributed by atoms with Gasteiger partial charge in [-0.05, 0) is 50.9 Å². The molecule has 0 radical (unpaired) electrons. The van der Waals surface area contributed by atoms with E-state index in [4.69, 9.17) is 16.9 Å². The lowest BCUT2D eigenvalue weighted by Crippen LogP contribution is -2.35. The van der Waals surface area contributed by atoms with Crippen molar-refractivity contribution in [1.29, 1.82) is 5.26 Å². The SMILES string of the molecule is CNC1CCC(Nc2ccc(C#N)cc2Cl)CC1. The van der Waals surface area contributed by atoms with Gasteiger partial charge in [-0.15, -0.1) is 0 Å². The molecule has 1 aromatic carbocycles. The number of rotatable bonds is 3. The van der Waals surface area contributed by atoms with Gasteiger partial charge in [0.2, 0.25) is 0 Å². The van der Waals surface area contributed by atoms with Crippen LogP contribution in [0.2, 0.25) is 5.02 Å². The number of nitrogens with zero attached hydrogens (tertiary/aromatic N) is 1. The average Bonchev–Trinajstić information content (AvgIpc) is 2.42. The van der Waals surface area contributed by atoms with Gasteiger partial charge in [-0.2, -0.15) is 5.26 Å². The van der Waals surface area contributed by atoms with Gasteiger partial charge in [0.1, 0.15) is 0 Å². The monoisotopic (exact) mass is 263 g/mol. The van der Waals surface area contributed by atoms with Crippen molar-refractivity contribution < 1.29 is 0 Å². The van der Waals surface area contributed by atoms with Crippen LogP contribution in [0.4, 0.5) is 5.69 Å². The van der Waals surface area contributed by atoms with Crippen LogP contribution >= 0.6 is 11.6 Å². The van der Waals surface area contributed by atoms with Crippen LogP contribution in [0, 0.1) is 11.3 Å². The first-order chi connectivity index (χ1) is 8.72. The summed E-state index contributed by atoms with van der Waals surface area (Å²) in [5, 5.41) is 16.2. The van der Waals surface area contributed by atoms with E-state index in [9.17, 15) is 0 Å². The van der Waals surface area contributed by atoms with Gasteiger partial charge in [0, 0.05) is 12.1 Å². The molecule has 3 nitrogen and oxygen atoms in total. The molecule has 0 unspecified atom stereocenters. The zero-order valence-corrected chi connectivity index (χ0v) is 11.3. The Labute approximate surface area is 113 Å². The van der Waals surface area contributed by atoms with Crippen LogP contribution in [0.3, 0.4) is 0 Å². The van der Waals surface area contributed by atoms with Crippen molar-refractivity contribution in [3.63, 3.8) is 0 Å². The van der Waals surface area contributed by atoms with Crippen LogP contribution in [-0.4, -0.2) is 19.1 Å².